The molecule has 0 spiro atoms. The van der Waals surface area contributed by atoms with Gasteiger partial charge in [0.15, 0.2) is 0 Å². The van der Waals surface area contributed by atoms with Crippen molar-refractivity contribution >= 4 is 5.97 Å². The second-order valence-electron chi connectivity index (χ2n) is 6.89. The Hall–Kier alpha value is -0.650. The SMILES string of the molecule is COC(=O)CN1CCCN(CC2(O)CCC(C)CC2)CC1. The fourth-order valence-electron chi connectivity index (χ4n) is 3.46. The van der Waals surface area contributed by atoms with Crippen LogP contribution in [0.4, 0.5) is 0 Å². The van der Waals surface area contributed by atoms with Crippen molar-refractivity contribution in [2.75, 3.05) is 46.4 Å². The van der Waals surface area contributed by atoms with E-state index in [4.69, 9.17) is 4.74 Å². The van der Waals surface area contributed by atoms with Crippen molar-refractivity contribution in [3.05, 3.63) is 0 Å². The van der Waals surface area contributed by atoms with Crippen molar-refractivity contribution in [3.8, 4) is 0 Å². The van der Waals surface area contributed by atoms with Crippen LogP contribution in [0.15, 0.2) is 0 Å². The van der Waals surface area contributed by atoms with E-state index in [9.17, 15) is 9.90 Å². The van der Waals surface area contributed by atoms with E-state index < -0.39 is 5.60 Å². The maximum Gasteiger partial charge on any atom is 0.319 e. The molecule has 2 aliphatic rings. The van der Waals surface area contributed by atoms with Crippen molar-refractivity contribution in [3.63, 3.8) is 0 Å². The monoisotopic (exact) mass is 298 g/mol. The quantitative estimate of drug-likeness (QED) is 0.788. The molecule has 1 aliphatic heterocycles. The van der Waals surface area contributed by atoms with Gasteiger partial charge in [-0.25, -0.2) is 0 Å². The molecule has 0 aromatic rings. The average Bonchev–Trinajstić information content (AvgIpc) is 2.68. The molecular weight excluding hydrogens is 268 g/mol. The van der Waals surface area contributed by atoms with Gasteiger partial charge < -0.3 is 9.84 Å². The molecule has 1 saturated heterocycles. The summed E-state index contributed by atoms with van der Waals surface area (Å²) in [5, 5.41) is 10.8. The minimum Gasteiger partial charge on any atom is -0.468 e. The highest BCUT2D eigenvalue weighted by molar-refractivity contribution is 5.71. The maximum absolute atomic E-state index is 11.4. The minimum atomic E-state index is -0.496. The molecule has 5 heteroatoms. The molecule has 1 saturated carbocycles. The van der Waals surface area contributed by atoms with Crippen molar-refractivity contribution in [2.24, 2.45) is 5.92 Å². The number of carbonyl (C=O) groups excluding carboxylic acids is 1. The molecule has 21 heavy (non-hydrogen) atoms. The zero-order chi connectivity index (χ0) is 15.3. The van der Waals surface area contributed by atoms with E-state index >= 15 is 0 Å². The highest BCUT2D eigenvalue weighted by Gasteiger charge is 2.34. The van der Waals surface area contributed by atoms with E-state index in [0.29, 0.717) is 6.54 Å². The highest BCUT2D eigenvalue weighted by Crippen LogP contribution is 2.32. The first-order chi connectivity index (χ1) is 10.0. The molecule has 0 unspecified atom stereocenters. The molecule has 122 valence electrons. The van der Waals surface area contributed by atoms with Crippen LogP contribution in [0.25, 0.3) is 0 Å². The molecule has 1 heterocycles. The van der Waals surface area contributed by atoms with Gasteiger partial charge in [-0.2, -0.15) is 0 Å². The number of rotatable bonds is 4. The van der Waals surface area contributed by atoms with Gasteiger partial charge in [0.05, 0.1) is 19.3 Å². The molecule has 5 nitrogen and oxygen atoms in total. The van der Waals surface area contributed by atoms with E-state index in [1.807, 2.05) is 0 Å². The van der Waals surface area contributed by atoms with Crippen LogP contribution < -0.4 is 0 Å². The lowest BCUT2D eigenvalue weighted by molar-refractivity contribution is -0.141. The van der Waals surface area contributed by atoms with Gasteiger partial charge in [0.1, 0.15) is 0 Å². The van der Waals surface area contributed by atoms with Gasteiger partial charge in [0.2, 0.25) is 0 Å². The van der Waals surface area contributed by atoms with Gasteiger partial charge in [-0.05, 0) is 44.6 Å². The summed E-state index contributed by atoms with van der Waals surface area (Å²) in [6.45, 7) is 7.18. The first-order valence-electron chi connectivity index (χ1n) is 8.25. The Morgan fingerprint density at radius 1 is 1.19 bits per heavy atom. The number of β-amino-alcohol motifs (C(OH)–C–C–N with tert-alkyl or cyclic N) is 1. The van der Waals surface area contributed by atoms with Crippen LogP contribution >= 0.6 is 0 Å². The number of aliphatic hydroxyl groups is 1. The van der Waals surface area contributed by atoms with E-state index in [1.165, 1.54) is 7.11 Å². The summed E-state index contributed by atoms with van der Waals surface area (Å²) in [5.74, 6) is 0.591. The Labute approximate surface area is 128 Å². The second-order valence-corrected chi connectivity index (χ2v) is 6.89. The van der Waals surface area contributed by atoms with E-state index in [2.05, 4.69) is 16.7 Å². The Bertz CT molecular complexity index is 340. The van der Waals surface area contributed by atoms with E-state index in [-0.39, 0.29) is 5.97 Å². The third-order valence-electron chi connectivity index (χ3n) is 4.98. The van der Waals surface area contributed by atoms with E-state index in [0.717, 1.165) is 70.7 Å². The zero-order valence-corrected chi connectivity index (χ0v) is 13.5. The first kappa shape index (κ1) is 16.7. The Morgan fingerprint density at radius 2 is 1.81 bits per heavy atom. The summed E-state index contributed by atoms with van der Waals surface area (Å²) in [6.07, 6.45) is 5.17. The number of nitrogens with zero attached hydrogens (tertiary/aromatic N) is 2. The van der Waals surface area contributed by atoms with Gasteiger partial charge in [-0.3, -0.25) is 14.6 Å². The summed E-state index contributed by atoms with van der Waals surface area (Å²) in [4.78, 5) is 15.9. The maximum atomic E-state index is 11.4. The van der Waals surface area contributed by atoms with Crippen LogP contribution in [0.5, 0.6) is 0 Å². The first-order valence-corrected chi connectivity index (χ1v) is 8.25. The summed E-state index contributed by atoms with van der Waals surface area (Å²) in [6, 6.07) is 0. The van der Waals surface area contributed by atoms with Crippen LogP contribution in [0.2, 0.25) is 0 Å². The molecule has 0 aromatic heterocycles. The molecule has 2 rings (SSSR count). The number of hydrogen-bond donors (Lipinski definition) is 1. The molecule has 0 amide bonds. The van der Waals surface area contributed by atoms with Crippen LogP contribution in [0.1, 0.15) is 39.0 Å². The fourth-order valence-corrected chi connectivity index (χ4v) is 3.46. The Balaban J connectivity index is 1.79. The highest BCUT2D eigenvalue weighted by atomic mass is 16.5. The van der Waals surface area contributed by atoms with Crippen LogP contribution in [0.3, 0.4) is 0 Å². The smallest absolute Gasteiger partial charge is 0.319 e. The third-order valence-corrected chi connectivity index (χ3v) is 4.98. The van der Waals surface area contributed by atoms with Crippen molar-refractivity contribution in [1.29, 1.82) is 0 Å². The average molecular weight is 298 g/mol. The summed E-state index contributed by atoms with van der Waals surface area (Å²) in [5.41, 5.74) is -0.496. The molecule has 1 aliphatic carbocycles. The van der Waals surface area contributed by atoms with Crippen molar-refractivity contribution in [2.45, 2.75) is 44.6 Å². The summed E-state index contributed by atoms with van der Waals surface area (Å²) in [7, 11) is 1.44. The molecule has 0 aromatic carbocycles. The number of carbonyl (C=O) groups is 1. The largest absolute Gasteiger partial charge is 0.468 e. The van der Waals surface area contributed by atoms with Gasteiger partial charge >= 0.3 is 5.97 Å². The third kappa shape index (κ3) is 5.24. The van der Waals surface area contributed by atoms with Gasteiger partial charge in [-0.1, -0.05) is 6.92 Å². The lowest BCUT2D eigenvalue weighted by atomic mass is 9.79. The molecule has 2 fully saturated rings. The lowest BCUT2D eigenvalue weighted by Crippen LogP contribution is -2.46. The standard InChI is InChI=1S/C16H30N2O3/c1-14-4-6-16(20,7-5-14)13-18-9-3-8-17(10-11-18)12-15(19)21-2/h14,20H,3-13H2,1-2H3. The Morgan fingerprint density at radius 3 is 2.48 bits per heavy atom. The molecule has 0 radical (unpaired) electrons. The second kappa shape index (κ2) is 7.56. The Kier molecular flexibility index (Phi) is 6.02. The summed E-state index contributed by atoms with van der Waals surface area (Å²) >= 11 is 0. The van der Waals surface area contributed by atoms with Crippen molar-refractivity contribution < 1.29 is 14.6 Å². The molecule has 0 bridgehead atoms. The molecule has 1 N–H and O–H groups in total. The van der Waals surface area contributed by atoms with E-state index in [1.54, 1.807) is 0 Å². The van der Waals surface area contributed by atoms with Crippen LogP contribution in [-0.4, -0.2) is 72.9 Å². The van der Waals surface area contributed by atoms with Crippen LogP contribution in [-0.2, 0) is 9.53 Å². The van der Waals surface area contributed by atoms with Crippen molar-refractivity contribution in [1.82, 2.24) is 9.80 Å². The zero-order valence-electron chi connectivity index (χ0n) is 13.5. The number of hydrogen-bond acceptors (Lipinski definition) is 5. The summed E-state index contributed by atoms with van der Waals surface area (Å²) < 4.78 is 4.73. The molecular formula is C16H30N2O3. The van der Waals surface area contributed by atoms with Gasteiger partial charge in [0.25, 0.3) is 0 Å². The minimum absolute atomic E-state index is 0.164. The lowest BCUT2D eigenvalue weighted by Gasteiger charge is -2.38. The predicted molar refractivity (Wildman–Crippen MR) is 82.1 cm³/mol. The topological polar surface area (TPSA) is 53.0 Å². The number of ether oxygens (including phenoxy) is 1. The number of methoxy groups -OCH3 is 1. The predicted octanol–water partition coefficient (Wildman–Crippen LogP) is 1.11. The van der Waals surface area contributed by atoms with Gasteiger partial charge in [-0.15, -0.1) is 0 Å². The normalized spacial score (nSPS) is 32.6. The molecule has 0 atom stereocenters. The van der Waals surface area contributed by atoms with Crippen LogP contribution in [0, 0.1) is 5.92 Å². The van der Waals surface area contributed by atoms with Gasteiger partial charge in [0, 0.05) is 26.2 Å². The number of esters is 1. The fraction of sp³-hybridized carbons (Fsp3) is 0.938.